The van der Waals surface area contributed by atoms with E-state index in [-0.39, 0.29) is 6.61 Å². The molecule has 0 aliphatic rings. The molecule has 2 aromatic rings. The first kappa shape index (κ1) is 19.2. The number of hydrogen-bond donors (Lipinski definition) is 2. The van der Waals surface area contributed by atoms with Gasteiger partial charge in [-0.2, -0.15) is 0 Å². The molecule has 0 atom stereocenters. The molecule has 0 aromatic heterocycles. The molecule has 7 heteroatoms. The SMILES string of the molecule is Cc1cc(Br)cc(Br)c1OCC(=O)NNC(=O)C=Cc1ccccc1. The fraction of sp³-hybridized carbons (Fsp3) is 0.111. The molecule has 2 aromatic carbocycles. The summed E-state index contributed by atoms with van der Waals surface area (Å²) in [4.78, 5) is 23.5. The van der Waals surface area contributed by atoms with Crippen molar-refractivity contribution in [2.75, 3.05) is 6.61 Å². The molecule has 0 unspecified atom stereocenters. The van der Waals surface area contributed by atoms with Gasteiger partial charge in [0.1, 0.15) is 5.75 Å². The quantitative estimate of drug-likeness (QED) is 0.519. The third-order valence-electron chi connectivity index (χ3n) is 3.09. The summed E-state index contributed by atoms with van der Waals surface area (Å²) < 4.78 is 7.14. The van der Waals surface area contributed by atoms with Crippen LogP contribution in [-0.2, 0) is 9.59 Å². The molecule has 0 radical (unpaired) electrons. The van der Waals surface area contributed by atoms with Gasteiger partial charge < -0.3 is 4.74 Å². The van der Waals surface area contributed by atoms with Gasteiger partial charge in [-0.05, 0) is 52.2 Å². The van der Waals surface area contributed by atoms with E-state index in [9.17, 15) is 9.59 Å². The first-order valence-electron chi connectivity index (χ1n) is 7.36. The average molecular weight is 468 g/mol. The van der Waals surface area contributed by atoms with Gasteiger partial charge in [0.05, 0.1) is 4.47 Å². The van der Waals surface area contributed by atoms with Gasteiger partial charge in [0.2, 0.25) is 0 Å². The van der Waals surface area contributed by atoms with E-state index in [0.29, 0.717) is 5.75 Å². The molecule has 0 aliphatic heterocycles. The molecule has 0 spiro atoms. The summed E-state index contributed by atoms with van der Waals surface area (Å²) in [7, 11) is 0. The third kappa shape index (κ3) is 6.36. The topological polar surface area (TPSA) is 67.4 Å². The van der Waals surface area contributed by atoms with Crippen LogP contribution in [-0.4, -0.2) is 18.4 Å². The first-order chi connectivity index (χ1) is 12.0. The zero-order chi connectivity index (χ0) is 18.2. The largest absolute Gasteiger partial charge is 0.482 e. The van der Waals surface area contributed by atoms with Crippen molar-refractivity contribution < 1.29 is 14.3 Å². The molecule has 2 rings (SSSR count). The average Bonchev–Trinajstić information content (AvgIpc) is 2.58. The Morgan fingerprint density at radius 3 is 2.52 bits per heavy atom. The van der Waals surface area contributed by atoms with Gasteiger partial charge in [0.25, 0.3) is 11.8 Å². The summed E-state index contributed by atoms with van der Waals surface area (Å²) in [6.45, 7) is 1.66. The fourth-order valence-electron chi connectivity index (χ4n) is 1.95. The van der Waals surface area contributed by atoms with Gasteiger partial charge in [0.15, 0.2) is 6.61 Å². The Bertz CT molecular complexity index is 769. The molecule has 0 saturated carbocycles. The minimum absolute atomic E-state index is 0.219. The van der Waals surface area contributed by atoms with Gasteiger partial charge >= 0.3 is 0 Å². The van der Waals surface area contributed by atoms with Crippen molar-refractivity contribution in [1.82, 2.24) is 10.9 Å². The second-order valence-electron chi connectivity index (χ2n) is 5.10. The molecule has 0 fully saturated rings. The van der Waals surface area contributed by atoms with Gasteiger partial charge in [-0.1, -0.05) is 46.3 Å². The number of carbonyl (C=O) groups is 2. The molecular formula is C18H16Br2N2O3. The highest BCUT2D eigenvalue weighted by Crippen LogP contribution is 2.32. The Morgan fingerprint density at radius 2 is 1.84 bits per heavy atom. The summed E-state index contributed by atoms with van der Waals surface area (Å²) in [5.41, 5.74) is 6.37. The summed E-state index contributed by atoms with van der Waals surface area (Å²) in [5, 5.41) is 0. The minimum Gasteiger partial charge on any atom is -0.482 e. The molecular weight excluding hydrogens is 452 g/mol. The normalized spacial score (nSPS) is 10.5. The van der Waals surface area contributed by atoms with E-state index >= 15 is 0 Å². The molecule has 0 aliphatic carbocycles. The van der Waals surface area contributed by atoms with Crippen molar-refractivity contribution in [3.05, 3.63) is 68.6 Å². The van der Waals surface area contributed by atoms with Crippen LogP contribution >= 0.6 is 31.9 Å². The van der Waals surface area contributed by atoms with Crippen LogP contribution in [0.15, 0.2) is 57.5 Å². The van der Waals surface area contributed by atoms with E-state index in [0.717, 1.165) is 20.1 Å². The predicted octanol–water partition coefficient (Wildman–Crippen LogP) is 3.76. The van der Waals surface area contributed by atoms with Gasteiger partial charge in [0, 0.05) is 10.5 Å². The molecule has 0 heterocycles. The van der Waals surface area contributed by atoms with E-state index in [2.05, 4.69) is 42.7 Å². The lowest BCUT2D eigenvalue weighted by Crippen LogP contribution is -2.43. The third-order valence-corrected chi connectivity index (χ3v) is 4.14. The molecule has 130 valence electrons. The number of halogens is 2. The Hall–Kier alpha value is -2.12. The maximum atomic E-state index is 11.8. The Morgan fingerprint density at radius 1 is 1.12 bits per heavy atom. The zero-order valence-corrected chi connectivity index (χ0v) is 16.6. The minimum atomic E-state index is -0.462. The van der Waals surface area contributed by atoms with Gasteiger partial charge in [-0.15, -0.1) is 0 Å². The fourth-order valence-corrected chi connectivity index (χ4v) is 3.51. The van der Waals surface area contributed by atoms with Crippen LogP contribution in [0.1, 0.15) is 11.1 Å². The van der Waals surface area contributed by atoms with Crippen LogP contribution < -0.4 is 15.6 Å². The van der Waals surface area contributed by atoms with E-state index in [4.69, 9.17) is 4.74 Å². The van der Waals surface area contributed by atoms with Gasteiger partial charge in [-0.3, -0.25) is 20.4 Å². The number of hydrogen-bond acceptors (Lipinski definition) is 3. The standard InChI is InChI=1S/C18H16Br2N2O3/c1-12-9-14(19)10-15(20)18(12)25-11-17(24)22-21-16(23)8-7-13-5-3-2-4-6-13/h2-10H,11H2,1H3,(H,21,23)(H,22,24). The predicted molar refractivity (Wildman–Crippen MR) is 104 cm³/mol. The van der Waals surface area contributed by atoms with E-state index in [1.807, 2.05) is 49.4 Å². The van der Waals surface area contributed by atoms with Crippen LogP contribution in [0.2, 0.25) is 0 Å². The van der Waals surface area contributed by atoms with Crippen molar-refractivity contribution in [3.63, 3.8) is 0 Å². The lowest BCUT2D eigenvalue weighted by molar-refractivity contribution is -0.128. The second kappa shape index (κ2) is 9.39. The number of carbonyl (C=O) groups excluding carboxylic acids is 2. The van der Waals surface area contributed by atoms with Crippen LogP contribution in [0.4, 0.5) is 0 Å². The van der Waals surface area contributed by atoms with Crippen LogP contribution in [0, 0.1) is 6.92 Å². The molecule has 5 nitrogen and oxygen atoms in total. The lowest BCUT2D eigenvalue weighted by atomic mass is 10.2. The summed E-state index contributed by atoms with van der Waals surface area (Å²) in [6.07, 6.45) is 2.99. The van der Waals surface area contributed by atoms with E-state index < -0.39 is 11.8 Å². The van der Waals surface area contributed by atoms with Gasteiger partial charge in [-0.25, -0.2) is 0 Å². The zero-order valence-electron chi connectivity index (χ0n) is 13.4. The van der Waals surface area contributed by atoms with Crippen LogP contribution in [0.25, 0.3) is 6.08 Å². The second-order valence-corrected chi connectivity index (χ2v) is 6.87. The van der Waals surface area contributed by atoms with Crippen LogP contribution in [0.5, 0.6) is 5.75 Å². The molecule has 0 saturated heterocycles. The highest BCUT2D eigenvalue weighted by Gasteiger charge is 2.10. The molecule has 2 amide bonds. The highest BCUT2D eigenvalue weighted by molar-refractivity contribution is 9.11. The first-order valence-corrected chi connectivity index (χ1v) is 8.94. The molecule has 25 heavy (non-hydrogen) atoms. The van der Waals surface area contributed by atoms with Crippen molar-refractivity contribution >= 4 is 49.8 Å². The van der Waals surface area contributed by atoms with Crippen molar-refractivity contribution in [1.29, 1.82) is 0 Å². The smallest absolute Gasteiger partial charge is 0.276 e. The number of rotatable bonds is 5. The maximum Gasteiger partial charge on any atom is 0.276 e. The van der Waals surface area contributed by atoms with Crippen molar-refractivity contribution in [2.24, 2.45) is 0 Å². The van der Waals surface area contributed by atoms with Crippen molar-refractivity contribution in [2.45, 2.75) is 6.92 Å². The Labute approximate surface area is 162 Å². The van der Waals surface area contributed by atoms with E-state index in [1.165, 1.54) is 6.08 Å². The Balaban J connectivity index is 1.79. The monoisotopic (exact) mass is 466 g/mol. The number of amides is 2. The van der Waals surface area contributed by atoms with Crippen molar-refractivity contribution in [3.8, 4) is 5.75 Å². The number of aryl methyl sites for hydroxylation is 1. The van der Waals surface area contributed by atoms with Crippen LogP contribution in [0.3, 0.4) is 0 Å². The summed E-state index contributed by atoms with van der Waals surface area (Å²) in [5.74, 6) is -0.317. The number of benzene rings is 2. The maximum absolute atomic E-state index is 11.8. The lowest BCUT2D eigenvalue weighted by Gasteiger charge is -2.12. The summed E-state index contributed by atoms with van der Waals surface area (Å²) >= 11 is 6.77. The molecule has 2 N–H and O–H groups in total. The number of ether oxygens (including phenoxy) is 1. The highest BCUT2D eigenvalue weighted by atomic mass is 79.9. The number of nitrogens with one attached hydrogen (secondary N) is 2. The molecule has 0 bridgehead atoms. The van der Waals surface area contributed by atoms with E-state index in [1.54, 1.807) is 6.08 Å². The summed E-state index contributed by atoms with van der Waals surface area (Å²) in [6, 6.07) is 13.1. The Kier molecular flexibility index (Phi) is 7.21. The number of hydrazine groups is 1.